The molecule has 2 heterocycles. The molecular formula is C23H25N3O3. The average Bonchev–Trinajstić information content (AvgIpc) is 3.11. The van der Waals surface area contributed by atoms with E-state index in [0.29, 0.717) is 23.9 Å². The molecule has 1 aliphatic rings. The number of fused-ring (bicyclic) bond motifs is 1. The van der Waals surface area contributed by atoms with Crippen LogP contribution in [0.4, 0.5) is 5.82 Å². The second kappa shape index (κ2) is 7.62. The Kier molecular flexibility index (Phi) is 5.01. The standard InChI is InChI=1S/C23H25N3O3/c1-23(2,3)20-13-21(26(25-20)14-16-9-5-4-6-10-16)24-22(27)19-15-28-17-11-7-8-12-18(17)29-19/h4-13,19H,14-15H2,1-3H3,(H,24,27)/t19-/m0/s1. The van der Waals surface area contributed by atoms with Crippen LogP contribution >= 0.6 is 0 Å². The van der Waals surface area contributed by atoms with Gasteiger partial charge in [0.2, 0.25) is 6.10 Å². The third-order valence-corrected chi connectivity index (χ3v) is 4.78. The van der Waals surface area contributed by atoms with Gasteiger partial charge in [0.1, 0.15) is 12.4 Å². The highest BCUT2D eigenvalue weighted by atomic mass is 16.6. The fourth-order valence-corrected chi connectivity index (χ4v) is 3.12. The number of rotatable bonds is 4. The Bertz CT molecular complexity index is 1010. The highest BCUT2D eigenvalue weighted by Gasteiger charge is 2.29. The maximum absolute atomic E-state index is 12.9. The second-order valence-electron chi connectivity index (χ2n) is 8.16. The number of amides is 1. The van der Waals surface area contributed by atoms with Gasteiger partial charge in [0.25, 0.3) is 5.91 Å². The quantitative estimate of drug-likeness (QED) is 0.730. The van der Waals surface area contributed by atoms with Crippen LogP contribution in [0.3, 0.4) is 0 Å². The normalized spacial score (nSPS) is 15.8. The molecule has 0 saturated carbocycles. The fraction of sp³-hybridized carbons (Fsp3) is 0.304. The summed E-state index contributed by atoms with van der Waals surface area (Å²) < 4.78 is 13.3. The van der Waals surface area contributed by atoms with E-state index in [2.05, 4.69) is 26.1 Å². The first-order chi connectivity index (χ1) is 13.9. The number of carbonyl (C=O) groups is 1. The van der Waals surface area contributed by atoms with Crippen molar-refractivity contribution in [3.63, 3.8) is 0 Å². The highest BCUT2D eigenvalue weighted by Crippen LogP contribution is 2.31. The maximum Gasteiger partial charge on any atom is 0.270 e. The third-order valence-electron chi connectivity index (χ3n) is 4.78. The molecule has 6 heteroatoms. The van der Waals surface area contributed by atoms with E-state index >= 15 is 0 Å². The highest BCUT2D eigenvalue weighted by molar-refractivity contribution is 5.94. The summed E-state index contributed by atoms with van der Waals surface area (Å²) >= 11 is 0. The van der Waals surface area contributed by atoms with E-state index in [9.17, 15) is 4.79 Å². The van der Waals surface area contributed by atoms with Gasteiger partial charge in [-0.25, -0.2) is 4.68 Å². The van der Waals surface area contributed by atoms with Crippen LogP contribution in [-0.2, 0) is 16.8 Å². The average molecular weight is 391 g/mol. The molecule has 0 fully saturated rings. The lowest BCUT2D eigenvalue weighted by molar-refractivity contribution is -0.125. The van der Waals surface area contributed by atoms with E-state index in [1.54, 1.807) is 6.07 Å². The van der Waals surface area contributed by atoms with Crippen LogP contribution in [-0.4, -0.2) is 28.4 Å². The lowest BCUT2D eigenvalue weighted by atomic mass is 9.92. The molecule has 2 aromatic carbocycles. The number of para-hydroxylation sites is 2. The molecule has 0 bridgehead atoms. The molecule has 0 radical (unpaired) electrons. The predicted octanol–water partition coefficient (Wildman–Crippen LogP) is 4.01. The summed E-state index contributed by atoms with van der Waals surface area (Å²) in [6.07, 6.45) is -0.719. The van der Waals surface area contributed by atoms with E-state index in [4.69, 9.17) is 14.6 Å². The number of nitrogens with zero attached hydrogens (tertiary/aromatic N) is 2. The van der Waals surface area contributed by atoms with Crippen LogP contribution in [0.15, 0.2) is 60.7 Å². The summed E-state index contributed by atoms with van der Waals surface area (Å²) in [5.74, 6) is 1.62. The van der Waals surface area contributed by atoms with Gasteiger partial charge in [-0.2, -0.15) is 5.10 Å². The Hall–Kier alpha value is -3.28. The van der Waals surface area contributed by atoms with Gasteiger partial charge in [-0.3, -0.25) is 4.79 Å². The van der Waals surface area contributed by atoms with Crippen molar-refractivity contribution in [3.05, 3.63) is 71.9 Å². The molecule has 0 saturated heterocycles. The van der Waals surface area contributed by atoms with Crippen molar-refractivity contribution in [2.75, 3.05) is 11.9 Å². The van der Waals surface area contributed by atoms with Gasteiger partial charge in [0.15, 0.2) is 11.5 Å². The van der Waals surface area contributed by atoms with Crippen molar-refractivity contribution >= 4 is 11.7 Å². The van der Waals surface area contributed by atoms with Crippen LogP contribution in [0.5, 0.6) is 11.5 Å². The minimum Gasteiger partial charge on any atom is -0.485 e. The fourth-order valence-electron chi connectivity index (χ4n) is 3.12. The van der Waals surface area contributed by atoms with Gasteiger partial charge in [-0.1, -0.05) is 63.2 Å². The minimum absolute atomic E-state index is 0.134. The van der Waals surface area contributed by atoms with Crippen molar-refractivity contribution in [1.29, 1.82) is 0 Å². The molecule has 1 amide bonds. The summed E-state index contributed by atoms with van der Waals surface area (Å²) in [4.78, 5) is 12.9. The van der Waals surface area contributed by atoms with Gasteiger partial charge in [-0.05, 0) is 17.7 Å². The van der Waals surface area contributed by atoms with Crippen molar-refractivity contribution in [2.24, 2.45) is 0 Å². The number of nitrogens with one attached hydrogen (secondary N) is 1. The summed E-state index contributed by atoms with van der Waals surface area (Å²) in [5.41, 5.74) is 1.89. The second-order valence-corrected chi connectivity index (χ2v) is 8.16. The zero-order chi connectivity index (χ0) is 20.4. The zero-order valence-corrected chi connectivity index (χ0v) is 16.9. The Morgan fingerprint density at radius 3 is 2.52 bits per heavy atom. The van der Waals surface area contributed by atoms with E-state index < -0.39 is 6.10 Å². The zero-order valence-electron chi connectivity index (χ0n) is 16.9. The first kappa shape index (κ1) is 19.1. The number of ether oxygens (including phenoxy) is 2. The molecule has 3 aromatic rings. The van der Waals surface area contributed by atoms with Crippen LogP contribution < -0.4 is 14.8 Å². The maximum atomic E-state index is 12.9. The van der Waals surface area contributed by atoms with E-state index in [1.807, 2.05) is 59.3 Å². The number of hydrogen-bond acceptors (Lipinski definition) is 4. The molecule has 6 nitrogen and oxygen atoms in total. The summed E-state index contributed by atoms with van der Waals surface area (Å²) in [5, 5.41) is 7.72. The lowest BCUT2D eigenvalue weighted by Gasteiger charge is -2.25. The first-order valence-electron chi connectivity index (χ1n) is 9.72. The van der Waals surface area contributed by atoms with Crippen LogP contribution in [0, 0.1) is 0 Å². The molecule has 0 spiro atoms. The Morgan fingerprint density at radius 2 is 1.79 bits per heavy atom. The number of carbonyl (C=O) groups excluding carboxylic acids is 1. The number of aromatic nitrogens is 2. The number of anilines is 1. The third kappa shape index (κ3) is 4.26. The van der Waals surface area contributed by atoms with Gasteiger partial charge >= 0.3 is 0 Å². The topological polar surface area (TPSA) is 65.4 Å². The van der Waals surface area contributed by atoms with Crippen molar-refractivity contribution in [1.82, 2.24) is 9.78 Å². The molecule has 150 valence electrons. The Morgan fingerprint density at radius 1 is 1.10 bits per heavy atom. The monoisotopic (exact) mass is 391 g/mol. The van der Waals surface area contributed by atoms with Crippen LogP contribution in [0.2, 0.25) is 0 Å². The summed E-state index contributed by atoms with van der Waals surface area (Å²) in [6.45, 7) is 7.04. The molecule has 4 rings (SSSR count). The predicted molar refractivity (Wildman–Crippen MR) is 111 cm³/mol. The molecular weight excluding hydrogens is 366 g/mol. The van der Waals surface area contributed by atoms with Gasteiger partial charge < -0.3 is 14.8 Å². The van der Waals surface area contributed by atoms with E-state index in [-0.39, 0.29) is 17.9 Å². The van der Waals surface area contributed by atoms with Crippen LogP contribution in [0.1, 0.15) is 32.0 Å². The molecule has 0 unspecified atom stereocenters. The SMILES string of the molecule is CC(C)(C)c1cc(NC(=O)[C@@H]2COc3ccccc3O2)n(Cc2ccccc2)n1. The first-order valence-corrected chi connectivity index (χ1v) is 9.72. The minimum atomic E-state index is -0.719. The summed E-state index contributed by atoms with van der Waals surface area (Å²) in [6, 6.07) is 19.3. The number of benzene rings is 2. The van der Waals surface area contributed by atoms with Gasteiger partial charge in [-0.15, -0.1) is 0 Å². The van der Waals surface area contributed by atoms with Crippen molar-refractivity contribution in [3.8, 4) is 11.5 Å². The van der Waals surface area contributed by atoms with E-state index in [0.717, 1.165) is 11.3 Å². The molecule has 1 N–H and O–H groups in total. The molecule has 1 aromatic heterocycles. The van der Waals surface area contributed by atoms with Crippen molar-refractivity contribution in [2.45, 2.75) is 38.8 Å². The Labute approximate surface area is 170 Å². The van der Waals surface area contributed by atoms with Gasteiger partial charge in [0.05, 0.1) is 12.2 Å². The molecule has 1 aliphatic heterocycles. The Balaban J connectivity index is 1.55. The van der Waals surface area contributed by atoms with E-state index in [1.165, 1.54) is 0 Å². The van der Waals surface area contributed by atoms with Crippen molar-refractivity contribution < 1.29 is 14.3 Å². The largest absolute Gasteiger partial charge is 0.485 e. The molecule has 1 atom stereocenters. The lowest BCUT2D eigenvalue weighted by Crippen LogP contribution is -2.40. The molecule has 29 heavy (non-hydrogen) atoms. The van der Waals surface area contributed by atoms with Crippen LogP contribution in [0.25, 0.3) is 0 Å². The van der Waals surface area contributed by atoms with Gasteiger partial charge in [0, 0.05) is 11.5 Å². The summed E-state index contributed by atoms with van der Waals surface area (Å²) in [7, 11) is 0. The molecule has 0 aliphatic carbocycles. The smallest absolute Gasteiger partial charge is 0.270 e. The number of hydrogen-bond donors (Lipinski definition) is 1.